The molecule has 0 spiro atoms. The molecule has 0 fully saturated rings. The van der Waals surface area contributed by atoms with Crippen molar-refractivity contribution < 1.29 is 28.2 Å². The molecule has 0 aliphatic heterocycles. The summed E-state index contributed by atoms with van der Waals surface area (Å²) in [4.78, 5) is 14.9. The number of rotatable bonds is 4. The molecular formula is C13H8BrF2NO4. The quantitative estimate of drug-likeness (QED) is 0.902. The highest BCUT2D eigenvalue weighted by atomic mass is 79.9. The van der Waals surface area contributed by atoms with Gasteiger partial charge in [-0.2, -0.15) is 4.39 Å². The minimum Gasteiger partial charge on any atom is -0.490 e. The summed E-state index contributed by atoms with van der Waals surface area (Å²) < 4.78 is 37.1. The maximum atomic E-state index is 13.6. The van der Waals surface area contributed by atoms with E-state index in [1.165, 1.54) is 12.3 Å². The molecule has 110 valence electrons. The van der Waals surface area contributed by atoms with E-state index in [4.69, 9.17) is 14.6 Å². The van der Waals surface area contributed by atoms with Crippen molar-refractivity contribution in [2.75, 3.05) is 7.11 Å². The van der Waals surface area contributed by atoms with Crippen LogP contribution in [0.2, 0.25) is 0 Å². The molecule has 2 aromatic rings. The molecule has 0 bridgehead atoms. The van der Waals surface area contributed by atoms with Crippen LogP contribution in [0, 0.1) is 11.6 Å². The first-order valence-electron chi connectivity index (χ1n) is 5.52. The number of pyridine rings is 1. The summed E-state index contributed by atoms with van der Waals surface area (Å²) in [7, 11) is 1.14. The lowest BCUT2D eigenvalue weighted by atomic mass is 10.2. The van der Waals surface area contributed by atoms with Crippen LogP contribution < -0.4 is 9.47 Å². The summed E-state index contributed by atoms with van der Waals surface area (Å²) in [6.45, 7) is 0. The predicted molar refractivity (Wildman–Crippen MR) is 71.9 cm³/mol. The van der Waals surface area contributed by atoms with Crippen LogP contribution in [0.3, 0.4) is 0 Å². The number of benzene rings is 1. The van der Waals surface area contributed by atoms with Gasteiger partial charge in [-0.3, -0.25) is 0 Å². The Bertz CT molecular complexity index is 709. The molecule has 0 saturated heterocycles. The van der Waals surface area contributed by atoms with Gasteiger partial charge in [0.05, 0.1) is 7.11 Å². The number of aromatic carboxylic acids is 1. The first kappa shape index (κ1) is 15.2. The molecule has 0 saturated carbocycles. The summed E-state index contributed by atoms with van der Waals surface area (Å²) in [6.07, 6.45) is 1.31. The van der Waals surface area contributed by atoms with Crippen molar-refractivity contribution in [2.45, 2.75) is 0 Å². The van der Waals surface area contributed by atoms with E-state index in [2.05, 4.69) is 20.9 Å². The molecule has 1 heterocycles. The number of aromatic nitrogens is 1. The molecule has 0 atom stereocenters. The Balaban J connectivity index is 2.48. The fourth-order valence-corrected chi connectivity index (χ4v) is 1.88. The summed E-state index contributed by atoms with van der Waals surface area (Å²) in [6, 6.07) is 3.23. The zero-order chi connectivity index (χ0) is 15.6. The van der Waals surface area contributed by atoms with E-state index >= 15 is 0 Å². The zero-order valence-corrected chi connectivity index (χ0v) is 12.1. The van der Waals surface area contributed by atoms with Gasteiger partial charge in [0, 0.05) is 10.7 Å². The van der Waals surface area contributed by atoms with Crippen molar-refractivity contribution in [1.29, 1.82) is 0 Å². The number of hydrogen-bond donors (Lipinski definition) is 1. The van der Waals surface area contributed by atoms with E-state index in [-0.39, 0.29) is 17.2 Å². The highest BCUT2D eigenvalue weighted by Crippen LogP contribution is 2.35. The molecule has 1 aromatic heterocycles. The highest BCUT2D eigenvalue weighted by molar-refractivity contribution is 9.10. The van der Waals surface area contributed by atoms with Crippen molar-refractivity contribution in [3.05, 3.63) is 46.1 Å². The second kappa shape index (κ2) is 6.04. The molecule has 0 radical (unpaired) electrons. The molecular weight excluding hydrogens is 352 g/mol. The number of carbonyl (C=O) groups is 1. The predicted octanol–water partition coefficient (Wildman–Crippen LogP) is 3.62. The molecule has 0 aliphatic rings. The summed E-state index contributed by atoms with van der Waals surface area (Å²) in [5, 5.41) is 9.09. The number of carboxylic acid groups (broad SMARTS) is 1. The average Bonchev–Trinajstić information content (AvgIpc) is 2.45. The molecule has 0 aliphatic carbocycles. The van der Waals surface area contributed by atoms with E-state index < -0.39 is 23.4 Å². The maximum Gasteiger partial charge on any atom is 0.341 e. The number of hydrogen-bond acceptors (Lipinski definition) is 4. The fraction of sp³-hybridized carbons (Fsp3) is 0.0769. The van der Waals surface area contributed by atoms with Crippen LogP contribution >= 0.6 is 15.9 Å². The Morgan fingerprint density at radius 2 is 2.10 bits per heavy atom. The van der Waals surface area contributed by atoms with Crippen molar-refractivity contribution in [3.8, 4) is 17.4 Å². The lowest BCUT2D eigenvalue weighted by molar-refractivity contribution is 0.0693. The lowest BCUT2D eigenvalue weighted by Gasteiger charge is -2.12. The van der Waals surface area contributed by atoms with Gasteiger partial charge >= 0.3 is 5.97 Å². The topological polar surface area (TPSA) is 68.7 Å². The van der Waals surface area contributed by atoms with Gasteiger partial charge in [-0.1, -0.05) is 0 Å². The Hall–Kier alpha value is -2.22. The van der Waals surface area contributed by atoms with Crippen LogP contribution in [0.4, 0.5) is 8.78 Å². The fourth-order valence-electron chi connectivity index (χ4n) is 1.55. The van der Waals surface area contributed by atoms with Gasteiger partial charge in [-0.15, -0.1) is 0 Å². The molecule has 2 rings (SSSR count). The summed E-state index contributed by atoms with van der Waals surface area (Å²) >= 11 is 3.08. The van der Waals surface area contributed by atoms with E-state index in [9.17, 15) is 13.6 Å². The lowest BCUT2D eigenvalue weighted by Crippen LogP contribution is -2.03. The molecule has 21 heavy (non-hydrogen) atoms. The normalized spacial score (nSPS) is 10.3. The summed E-state index contributed by atoms with van der Waals surface area (Å²) in [5.41, 5.74) is -0.240. The van der Waals surface area contributed by atoms with E-state index in [1.807, 2.05) is 0 Å². The third-order valence-corrected chi connectivity index (χ3v) is 2.91. The molecule has 5 nitrogen and oxygen atoms in total. The van der Waals surface area contributed by atoms with Crippen LogP contribution in [0.5, 0.6) is 17.4 Å². The van der Waals surface area contributed by atoms with Gasteiger partial charge in [0.1, 0.15) is 5.56 Å². The average molecular weight is 360 g/mol. The number of nitrogens with zero attached hydrogens (tertiary/aromatic N) is 1. The number of ether oxygens (including phenoxy) is 2. The Morgan fingerprint density at radius 1 is 1.38 bits per heavy atom. The first-order chi connectivity index (χ1) is 9.93. The van der Waals surface area contributed by atoms with Gasteiger partial charge in [-0.05, 0) is 34.1 Å². The second-order valence-corrected chi connectivity index (χ2v) is 4.72. The first-order valence-corrected chi connectivity index (χ1v) is 6.32. The van der Waals surface area contributed by atoms with Gasteiger partial charge in [-0.25, -0.2) is 14.2 Å². The van der Waals surface area contributed by atoms with Crippen molar-refractivity contribution in [3.63, 3.8) is 0 Å². The molecule has 1 N–H and O–H groups in total. The van der Waals surface area contributed by atoms with E-state index in [1.54, 1.807) is 0 Å². The monoisotopic (exact) mass is 359 g/mol. The van der Waals surface area contributed by atoms with E-state index in [0.29, 0.717) is 4.47 Å². The van der Waals surface area contributed by atoms with Crippen molar-refractivity contribution >= 4 is 21.9 Å². The minimum absolute atomic E-state index is 0.186. The third kappa shape index (κ3) is 3.10. The smallest absolute Gasteiger partial charge is 0.341 e. The van der Waals surface area contributed by atoms with Crippen molar-refractivity contribution in [2.24, 2.45) is 0 Å². The SMILES string of the molecule is COc1c(Oc2ncc(Br)cc2C(=O)O)ccc(F)c1F. The minimum atomic E-state index is -1.28. The Labute approximate surface area is 126 Å². The van der Waals surface area contributed by atoms with Crippen LogP contribution in [-0.2, 0) is 0 Å². The maximum absolute atomic E-state index is 13.6. The number of halogens is 3. The second-order valence-electron chi connectivity index (χ2n) is 3.81. The molecule has 8 heteroatoms. The summed E-state index contributed by atoms with van der Waals surface area (Å²) in [5.74, 6) is -4.55. The number of methoxy groups -OCH3 is 1. The molecule has 1 aromatic carbocycles. The van der Waals surface area contributed by atoms with Crippen LogP contribution in [0.1, 0.15) is 10.4 Å². The van der Waals surface area contributed by atoms with E-state index in [0.717, 1.165) is 19.2 Å². The van der Waals surface area contributed by atoms with Gasteiger partial charge in [0.2, 0.25) is 17.4 Å². The van der Waals surface area contributed by atoms with Crippen LogP contribution in [0.15, 0.2) is 28.9 Å². The van der Waals surface area contributed by atoms with Crippen LogP contribution in [0.25, 0.3) is 0 Å². The molecule has 0 amide bonds. The number of carboxylic acids is 1. The molecule has 0 unspecified atom stereocenters. The largest absolute Gasteiger partial charge is 0.490 e. The third-order valence-electron chi connectivity index (χ3n) is 2.47. The van der Waals surface area contributed by atoms with Gasteiger partial charge in [0.15, 0.2) is 11.6 Å². The van der Waals surface area contributed by atoms with Gasteiger partial charge in [0.25, 0.3) is 0 Å². The zero-order valence-electron chi connectivity index (χ0n) is 10.6. The van der Waals surface area contributed by atoms with Crippen molar-refractivity contribution in [1.82, 2.24) is 4.98 Å². The Kier molecular flexibility index (Phi) is 4.37. The van der Waals surface area contributed by atoms with Crippen LogP contribution in [-0.4, -0.2) is 23.2 Å². The Morgan fingerprint density at radius 3 is 2.71 bits per heavy atom. The highest BCUT2D eigenvalue weighted by Gasteiger charge is 2.20. The standard InChI is InChI=1S/C13H8BrF2NO4/c1-20-11-9(3-2-8(15)10(11)16)21-12-7(13(18)19)4-6(14)5-17-12/h2-5H,1H3,(H,18,19). The van der Waals surface area contributed by atoms with Gasteiger partial charge < -0.3 is 14.6 Å².